The van der Waals surface area contributed by atoms with Gasteiger partial charge in [0.1, 0.15) is 0 Å². The van der Waals surface area contributed by atoms with Gasteiger partial charge in [0.25, 0.3) is 0 Å². The number of allylic oxidation sites excluding steroid dienone is 1. The number of amidine groups is 6. The fraction of sp³-hybridized carbons (Fsp3) is 0.922. The maximum atomic E-state index is 5.25. The molecule has 0 aromatic heterocycles. The third-order valence-electron chi connectivity index (χ3n) is 26.4. The van der Waals surface area contributed by atoms with Crippen LogP contribution in [0.2, 0.25) is 0 Å². The normalized spacial score (nSPS) is 18.7. The Morgan fingerprint density at radius 2 is 0.744 bits per heavy atom. The molecule has 12 aliphatic rings. The molecule has 3 atom stereocenters. The van der Waals surface area contributed by atoms with Crippen molar-refractivity contribution in [2.24, 2.45) is 27.7 Å². The topological polar surface area (TPSA) is 73.8 Å². The molecule has 2 saturated heterocycles. The summed E-state index contributed by atoms with van der Waals surface area (Å²) < 4.78 is 21.0. The van der Waals surface area contributed by atoms with Crippen LogP contribution in [0.4, 0.5) is 0 Å². The zero-order chi connectivity index (χ0) is 87.6. The molecule has 0 aromatic carbocycles. The fourth-order valence-corrected chi connectivity index (χ4v) is 19.5. The van der Waals surface area contributed by atoms with E-state index >= 15 is 0 Å². The van der Waals surface area contributed by atoms with Crippen molar-refractivity contribution in [3.05, 3.63) is 12.7 Å². The summed E-state index contributed by atoms with van der Waals surface area (Å²) in [6.45, 7) is 51.8. The van der Waals surface area contributed by atoms with Crippen LogP contribution >= 0.6 is 31.9 Å². The Morgan fingerprint density at radius 1 is 0.384 bits per heavy atom. The molecule has 2 N–H and O–H groups in total. The molecule has 12 rings (SSSR count). The Labute approximate surface area is 893 Å². The molecule has 0 spiro atoms. The summed E-state index contributed by atoms with van der Waals surface area (Å²) in [5.74, 6) is 12.0. The first-order valence-electron chi connectivity index (χ1n) is 53.0. The summed E-state index contributed by atoms with van der Waals surface area (Å²) in [6.07, 6.45) is 82.9. The van der Waals surface area contributed by atoms with Crippen LogP contribution < -0.4 is 78.6 Å². The molecule has 125 heavy (non-hydrogen) atoms. The maximum absolute atomic E-state index is 5.25. The Bertz CT molecular complexity index is 2430. The van der Waals surface area contributed by atoms with E-state index in [-0.39, 0.29) is 138 Å². The molecule has 12 heterocycles. The Hall–Kier alpha value is 1.67. The number of unbranched alkanes of at least 4 members (excludes halogenated alkanes) is 17. The maximum Gasteiger partial charge on any atom is 0.246 e. The van der Waals surface area contributed by atoms with E-state index in [2.05, 4.69) is 183 Å². The summed E-state index contributed by atoms with van der Waals surface area (Å²) in [5.41, 5.74) is 0. The summed E-state index contributed by atoms with van der Waals surface area (Å²) in [7, 11) is 7.50. The average molecular weight is 2590 g/mol. The smallest absolute Gasteiger partial charge is 0.246 e. The summed E-state index contributed by atoms with van der Waals surface area (Å²) in [6, 6.07) is 0. The zero-order valence-corrected chi connectivity index (χ0v) is 101. The standard InChI is InChI=1S/2C17H33N2.4C9H16N2.2C8H17Br.C8H18.C8H16.CH4.2BH.4BrH.2U/c1-3-5-10-16(4-2)15-19-14-9-13-18-12-8-6-7-11-17(18)19;1-2-3-4-5-6-9-13-18-15-11-16-19-14-10-7-8-12-17(18)19;4*1-2-5-9-10-6-4-8-11(9)7-3-1;1-3-5-6-8(4-2)7-9;1-2-3-4-5-6-7-8-9;1-4-6-7-8(3)5-2;1-3-5-7-8-6-4-2;;;;;;;;;/h16H,3-15H2,1-2H3;2-16H2,1H3;4*1-8H2;8H,3-7H2,1-2H3;2-8H2,1H3;8H,4-7H2,1-3H3;3H,1,4-8H2,2H3;1H4;6*1H;;/q2*+1;;;;;;;;;;;;;;;;;/p-2/i;;;;;;;;;;;2*1D;;;;;;. The number of alkyl halides is 2. The van der Waals surface area contributed by atoms with Gasteiger partial charge in [0.2, 0.25) is 23.3 Å². The number of halogens is 6. The summed E-state index contributed by atoms with van der Waals surface area (Å²) in [4.78, 5) is 19.5. The molecule has 0 aromatic rings. The SMILES string of the molecule is C.C1CCC2=NCCCN2CC1.C1CCC2=NCCCN2CC1.C1CCC2=[N+](CC1)CCCN2.C1CCC2=[N+](CC1)CCCN2.C=CCCCCCC.CCCCC(C)CC.CCCCC(CC)CBr.CCCCC(CC)CN1CCC[N+]2=C1CCCCC2.CCCCCCCCBr.CCCCCCCCN1CCC[N+]2=C1CCCCC2.[2H][B].[2H][B].[Br-].[Br-].[Br-].[Br-].[U].[U]. The minimum absolute atomic E-state index is 0. The van der Waals surface area contributed by atoms with Crippen LogP contribution in [0.25, 0.3) is 0 Å². The van der Waals surface area contributed by atoms with Crippen LogP contribution in [-0.2, 0) is 0 Å². The third kappa shape index (κ3) is 70.9. The molecule has 0 amide bonds. The van der Waals surface area contributed by atoms with Crippen LogP contribution in [-0.4, -0.2) is 234 Å². The second kappa shape index (κ2) is 102. The minimum atomic E-state index is 0. The first kappa shape index (κ1) is 135. The molecule has 22 heteroatoms. The van der Waals surface area contributed by atoms with Crippen LogP contribution in [0.15, 0.2) is 22.6 Å². The number of aliphatic imine (C=N–C) groups is 2. The molecule has 3 unspecified atom stereocenters. The van der Waals surface area contributed by atoms with Crippen molar-refractivity contribution >= 4 is 83.6 Å². The van der Waals surface area contributed by atoms with Crippen molar-refractivity contribution in [2.45, 2.75) is 455 Å². The van der Waals surface area contributed by atoms with Crippen molar-refractivity contribution in [1.29, 1.82) is 2.67 Å². The van der Waals surface area contributed by atoms with E-state index in [0.717, 1.165) is 30.8 Å². The molecule has 0 bridgehead atoms. The van der Waals surface area contributed by atoms with Gasteiger partial charge >= 0.3 is 0 Å². The molecule has 2 fully saturated rings. The Kier molecular flexibility index (Phi) is 110. The van der Waals surface area contributed by atoms with Crippen molar-refractivity contribution in [3.8, 4) is 0 Å². The molecule has 0 saturated carbocycles. The van der Waals surface area contributed by atoms with E-state index in [4.69, 9.17) is 2.67 Å². The summed E-state index contributed by atoms with van der Waals surface area (Å²) in [5, 5.41) is 9.37. The Balaban J connectivity index is -0.000000253. The van der Waals surface area contributed by atoms with E-state index in [1.165, 1.54) is 531 Å². The van der Waals surface area contributed by atoms with Gasteiger partial charge < -0.3 is 77.7 Å². The predicted octanol–water partition coefficient (Wildman–Crippen LogP) is 14.2. The monoisotopic (exact) mass is 2590 g/mol. The molecule has 12 aliphatic heterocycles. The van der Waals surface area contributed by atoms with Crippen LogP contribution in [0.1, 0.15) is 455 Å². The van der Waals surface area contributed by atoms with E-state index in [1.54, 1.807) is 11.7 Å². The number of nitrogens with one attached hydrogen (secondary N) is 2. The van der Waals surface area contributed by atoms with Crippen LogP contribution in [0, 0.1) is 80.0 Å². The van der Waals surface area contributed by atoms with Gasteiger partial charge in [-0.1, -0.05) is 262 Å². The quantitative estimate of drug-likeness (QED) is 0.0224. The zero-order valence-electron chi connectivity index (χ0n) is 85.2. The van der Waals surface area contributed by atoms with E-state index < -0.39 is 0 Å². The molecule has 0 aliphatic carbocycles. The van der Waals surface area contributed by atoms with Gasteiger partial charge in [0.05, 0.1) is 103 Å². The number of rotatable bonds is 33. The van der Waals surface area contributed by atoms with Crippen molar-refractivity contribution in [1.82, 2.24) is 30.2 Å². The first-order chi connectivity index (χ1) is 59.1. The largest absolute Gasteiger partial charge is 1.00 e. The van der Waals surface area contributed by atoms with Crippen LogP contribution in [0.5, 0.6) is 0 Å². The van der Waals surface area contributed by atoms with Gasteiger partial charge in [-0.15, -0.1) is 6.58 Å². The number of hydrogen-bond donors (Lipinski definition) is 2. The second-order valence-corrected chi connectivity index (χ2v) is 38.0. The van der Waals surface area contributed by atoms with Crippen molar-refractivity contribution in [2.75, 3.05) is 142 Å². The van der Waals surface area contributed by atoms with Crippen molar-refractivity contribution in [3.63, 3.8) is 0 Å². The van der Waals surface area contributed by atoms with E-state index in [1.807, 2.05) is 6.08 Å². The van der Waals surface area contributed by atoms with E-state index in [9.17, 15) is 0 Å². The van der Waals surface area contributed by atoms with Gasteiger partial charge in [-0.05, 0) is 187 Å². The minimum Gasteiger partial charge on any atom is -1.00 e. The molecule has 734 valence electrons. The van der Waals surface area contributed by atoms with Gasteiger partial charge in [0.15, 0.2) is 0 Å². The number of fused-ring (bicyclic) bond motifs is 2. The van der Waals surface area contributed by atoms with Gasteiger partial charge in [0, 0.05) is 193 Å². The second-order valence-electron chi connectivity index (χ2n) is 36.5. The number of hydrogen-bond acceptors (Lipinski definition) is 8. The average Bonchev–Trinajstić information content (AvgIpc) is 1.83. The van der Waals surface area contributed by atoms with Gasteiger partial charge in [-0.3, -0.25) is 48.7 Å². The number of nitrogens with zero attached hydrogens (tertiary/aromatic N) is 10. The third-order valence-corrected chi connectivity index (χ3v) is 27.8. The van der Waals surface area contributed by atoms with Gasteiger partial charge in [-0.2, -0.15) is 0 Å². The fourth-order valence-electron chi connectivity index (χ4n) is 18.3. The molecular formula is C103H206B2Br6N12U2. The molecular weight excluding hydrogens is 2380 g/mol. The Morgan fingerprint density at radius 3 is 1.18 bits per heavy atom. The van der Waals surface area contributed by atoms with Gasteiger partial charge in [-0.25, -0.2) is 0 Å². The summed E-state index contributed by atoms with van der Waals surface area (Å²) >= 11 is 6.92. The van der Waals surface area contributed by atoms with Crippen molar-refractivity contribution < 1.29 is 148 Å². The van der Waals surface area contributed by atoms with E-state index in [0.29, 0.717) is 0 Å². The predicted molar refractivity (Wildman–Crippen MR) is 545 cm³/mol. The molecule has 12 nitrogen and oxygen atoms in total. The van der Waals surface area contributed by atoms with Crippen LogP contribution in [0.3, 0.4) is 0 Å². The molecule has 4 radical (unpaired) electrons. The first-order valence-corrected chi connectivity index (χ1v) is 54.1.